The van der Waals surface area contributed by atoms with Crippen LogP contribution in [-0.2, 0) is 11.2 Å². The van der Waals surface area contributed by atoms with Crippen LogP contribution >= 0.6 is 22.9 Å². The number of thiophene rings is 1. The van der Waals surface area contributed by atoms with Crippen molar-refractivity contribution in [2.24, 2.45) is 5.41 Å². The summed E-state index contributed by atoms with van der Waals surface area (Å²) in [7, 11) is 1.55. The van der Waals surface area contributed by atoms with Crippen molar-refractivity contribution in [3.8, 4) is 5.75 Å². The van der Waals surface area contributed by atoms with Gasteiger partial charge in [-0.15, -0.1) is 0 Å². The predicted molar refractivity (Wildman–Crippen MR) is 142 cm³/mol. The Bertz CT molecular complexity index is 1150. The molecule has 9 heteroatoms. The summed E-state index contributed by atoms with van der Waals surface area (Å²) in [6.45, 7) is 2.48. The number of hydrogen-bond acceptors (Lipinski definition) is 6. The van der Waals surface area contributed by atoms with E-state index in [9.17, 15) is 10.0 Å². The third-order valence-electron chi connectivity index (χ3n) is 7.42. The Morgan fingerprint density at radius 1 is 1.33 bits per heavy atom. The topological polar surface area (TPSA) is 74.7 Å². The second-order valence-electron chi connectivity index (χ2n) is 9.56. The Kier molecular flexibility index (Phi) is 9.17. The number of pyridine rings is 1. The van der Waals surface area contributed by atoms with Gasteiger partial charge in [0.1, 0.15) is 11.9 Å². The summed E-state index contributed by atoms with van der Waals surface area (Å²) in [4.78, 5) is 19.4. The highest BCUT2D eigenvalue weighted by molar-refractivity contribution is 7.07. The molecule has 1 amide bonds. The molecule has 1 saturated heterocycles. The second-order valence-corrected chi connectivity index (χ2v) is 10.7. The number of benzene rings is 1. The summed E-state index contributed by atoms with van der Waals surface area (Å²) in [5.74, 6) is 0.165. The van der Waals surface area contributed by atoms with Gasteiger partial charge in [-0.25, -0.2) is 9.87 Å². The van der Waals surface area contributed by atoms with Crippen molar-refractivity contribution < 1.29 is 19.1 Å². The third-order valence-corrected chi connectivity index (χ3v) is 8.46. The zero-order chi connectivity index (χ0) is 25.5. The average molecular weight is 534 g/mol. The molecule has 0 spiro atoms. The molecule has 3 aromatic rings. The first-order chi connectivity index (χ1) is 17.5. The van der Waals surface area contributed by atoms with E-state index >= 15 is 4.39 Å². The number of nitrogens with zero attached hydrogens (tertiary/aromatic N) is 2. The summed E-state index contributed by atoms with van der Waals surface area (Å²) in [5.41, 5.74) is 3.42. The van der Waals surface area contributed by atoms with E-state index in [0.717, 1.165) is 38.9 Å². The minimum absolute atomic E-state index is 0.115. The minimum Gasteiger partial charge on any atom is -0.497 e. The highest BCUT2D eigenvalue weighted by Crippen LogP contribution is 2.42. The van der Waals surface area contributed by atoms with Crippen LogP contribution in [0, 0.1) is 5.41 Å². The van der Waals surface area contributed by atoms with Crippen LogP contribution < -0.4 is 10.2 Å². The van der Waals surface area contributed by atoms with Crippen molar-refractivity contribution in [1.29, 1.82) is 0 Å². The van der Waals surface area contributed by atoms with Gasteiger partial charge in [-0.2, -0.15) is 11.3 Å². The van der Waals surface area contributed by atoms with Crippen molar-refractivity contribution in [2.75, 3.05) is 26.7 Å². The van der Waals surface area contributed by atoms with Gasteiger partial charge in [-0.3, -0.25) is 15.0 Å². The number of ether oxygens (including phenoxy) is 1. The molecule has 0 bridgehead atoms. The van der Waals surface area contributed by atoms with Crippen molar-refractivity contribution in [2.45, 2.75) is 51.1 Å². The highest BCUT2D eigenvalue weighted by Gasteiger charge is 2.41. The summed E-state index contributed by atoms with van der Waals surface area (Å²) in [6, 6.07) is 7.46. The number of fused-ring (bicyclic) bond motifs is 1. The molecule has 4 rings (SSSR count). The van der Waals surface area contributed by atoms with Crippen LogP contribution in [0.2, 0.25) is 5.02 Å². The lowest BCUT2D eigenvalue weighted by Gasteiger charge is -2.40. The van der Waals surface area contributed by atoms with Gasteiger partial charge >= 0.3 is 0 Å². The Balaban J connectivity index is 1.38. The highest BCUT2D eigenvalue weighted by atomic mass is 35.5. The number of unbranched alkanes of at least 4 members (excludes halogenated alkanes) is 1. The molecule has 0 unspecified atom stereocenters. The molecule has 6 nitrogen and oxygen atoms in total. The number of hydroxylamine groups is 1. The Hall–Kier alpha value is -2.26. The maximum Gasteiger partial charge on any atom is 0.249 e. The molecule has 1 aliphatic rings. The number of piperidine rings is 1. The summed E-state index contributed by atoms with van der Waals surface area (Å²) < 4.78 is 21.0. The molecule has 1 aliphatic heterocycles. The first-order valence-electron chi connectivity index (χ1n) is 12.4. The number of alkyl halides is 1. The van der Waals surface area contributed by atoms with E-state index in [0.29, 0.717) is 41.5 Å². The SMILES string of the molecule is COc1ccc2ncc(Cl)c([C@H](F)CCC3(C(=O)NO)CCN(CCCCc4ccsc4)CC3)c2c1. The van der Waals surface area contributed by atoms with Crippen LogP contribution in [0.15, 0.2) is 41.2 Å². The van der Waals surface area contributed by atoms with E-state index in [2.05, 4.69) is 26.7 Å². The van der Waals surface area contributed by atoms with Crippen molar-refractivity contribution >= 4 is 39.7 Å². The van der Waals surface area contributed by atoms with Crippen LogP contribution in [0.3, 0.4) is 0 Å². The van der Waals surface area contributed by atoms with Crippen LogP contribution in [0.4, 0.5) is 4.39 Å². The van der Waals surface area contributed by atoms with Gasteiger partial charge in [0.05, 0.1) is 23.1 Å². The molecule has 36 heavy (non-hydrogen) atoms. The zero-order valence-corrected chi connectivity index (χ0v) is 22.1. The molecule has 2 N–H and O–H groups in total. The number of aryl methyl sites for hydroxylation is 1. The van der Waals surface area contributed by atoms with Crippen LogP contribution in [0.1, 0.15) is 55.8 Å². The van der Waals surface area contributed by atoms with Crippen molar-refractivity contribution in [3.05, 3.63) is 57.4 Å². The number of methoxy groups -OCH3 is 1. The van der Waals surface area contributed by atoms with Gasteiger partial charge in [0.25, 0.3) is 0 Å². The average Bonchev–Trinajstić information content (AvgIpc) is 3.43. The number of halogens is 2. The smallest absolute Gasteiger partial charge is 0.249 e. The fraction of sp³-hybridized carbons (Fsp3) is 0.481. The van der Waals surface area contributed by atoms with E-state index < -0.39 is 17.5 Å². The number of carbonyl (C=O) groups excluding carboxylic acids is 1. The molecule has 1 aromatic carbocycles. The summed E-state index contributed by atoms with van der Waals surface area (Å²) in [5, 5.41) is 14.6. The maximum atomic E-state index is 15.7. The number of rotatable bonds is 11. The lowest BCUT2D eigenvalue weighted by Crippen LogP contribution is -2.48. The molecule has 0 radical (unpaired) electrons. The molecule has 194 valence electrons. The molecule has 0 saturated carbocycles. The van der Waals surface area contributed by atoms with Crippen molar-refractivity contribution in [1.82, 2.24) is 15.4 Å². The third kappa shape index (κ3) is 6.17. The number of aromatic nitrogens is 1. The predicted octanol–water partition coefficient (Wildman–Crippen LogP) is 6.36. The molecular formula is C27H33ClFN3O3S. The minimum atomic E-state index is -1.38. The fourth-order valence-corrected chi connectivity index (χ4v) is 6.15. The van der Waals surface area contributed by atoms with E-state index in [-0.39, 0.29) is 11.4 Å². The largest absolute Gasteiger partial charge is 0.497 e. The van der Waals surface area contributed by atoms with E-state index in [1.54, 1.807) is 36.6 Å². The normalized spacial score (nSPS) is 16.7. The Morgan fingerprint density at radius 3 is 2.83 bits per heavy atom. The lowest BCUT2D eigenvalue weighted by atomic mass is 9.73. The van der Waals surface area contributed by atoms with Crippen LogP contribution in [-0.4, -0.2) is 47.7 Å². The van der Waals surface area contributed by atoms with E-state index in [1.807, 2.05) is 5.48 Å². The number of likely N-dealkylation sites (tertiary alicyclic amines) is 1. The Morgan fingerprint density at radius 2 is 2.14 bits per heavy atom. The van der Waals surface area contributed by atoms with Gasteiger partial charge in [0.15, 0.2) is 0 Å². The van der Waals surface area contributed by atoms with E-state index in [4.69, 9.17) is 16.3 Å². The van der Waals surface area contributed by atoms with Gasteiger partial charge < -0.3 is 9.64 Å². The van der Waals surface area contributed by atoms with Crippen molar-refractivity contribution in [3.63, 3.8) is 0 Å². The van der Waals surface area contributed by atoms with Gasteiger partial charge in [0, 0.05) is 17.1 Å². The molecule has 3 heterocycles. The number of nitrogens with one attached hydrogen (secondary N) is 1. The monoisotopic (exact) mass is 533 g/mol. The summed E-state index contributed by atoms with van der Waals surface area (Å²) in [6.07, 6.45) is 4.98. The number of hydrogen-bond donors (Lipinski definition) is 2. The number of carbonyl (C=O) groups is 1. The Labute approximate surface area is 220 Å². The van der Waals surface area contributed by atoms with E-state index in [1.165, 1.54) is 11.8 Å². The van der Waals surface area contributed by atoms with Crippen LogP contribution in [0.5, 0.6) is 5.75 Å². The molecule has 0 aliphatic carbocycles. The molecule has 1 atom stereocenters. The first-order valence-corrected chi connectivity index (χ1v) is 13.7. The standard InChI is InChI=1S/C27H33ClFN3O3S/c1-35-20-5-6-24-21(16-20)25(22(28)17-30-24)23(29)7-9-27(26(33)31-34)10-13-32(14-11-27)12-3-2-4-19-8-15-36-18-19/h5-6,8,15-18,23,34H,2-4,7,9-14H2,1H3,(H,31,33)/t23-/m1/s1. The molecular weight excluding hydrogens is 501 g/mol. The lowest BCUT2D eigenvalue weighted by molar-refractivity contribution is -0.143. The maximum absolute atomic E-state index is 15.7. The van der Waals surface area contributed by atoms with Crippen LogP contribution in [0.25, 0.3) is 10.9 Å². The quantitative estimate of drug-likeness (QED) is 0.170. The first kappa shape index (κ1) is 26.8. The molecule has 1 fully saturated rings. The zero-order valence-electron chi connectivity index (χ0n) is 20.5. The second kappa shape index (κ2) is 12.3. The van der Waals surface area contributed by atoms with Gasteiger partial charge in [0.2, 0.25) is 5.91 Å². The number of amides is 1. The molecule has 2 aromatic heterocycles. The fourth-order valence-electron chi connectivity index (χ4n) is 5.17. The van der Waals surface area contributed by atoms with Gasteiger partial charge in [-0.05, 0) is 105 Å². The van der Waals surface area contributed by atoms with Gasteiger partial charge in [-0.1, -0.05) is 11.6 Å². The summed E-state index contributed by atoms with van der Waals surface area (Å²) >= 11 is 8.11.